The number of fused-ring (bicyclic) bond motifs is 1. The van der Waals surface area contributed by atoms with Crippen LogP contribution in [0, 0.1) is 0 Å². The van der Waals surface area contributed by atoms with Gasteiger partial charge in [-0.05, 0) is 13.8 Å². The van der Waals surface area contributed by atoms with Crippen molar-refractivity contribution in [3.8, 4) is 0 Å². The molecule has 0 aromatic carbocycles. The molecule has 140 valence electrons. The first-order valence-electron chi connectivity index (χ1n) is 9.10. The molecule has 9 heteroatoms. The zero-order chi connectivity index (χ0) is 18.3. The molecule has 4 rings (SSSR count). The highest BCUT2D eigenvalue weighted by atomic mass is 16.5. The molecule has 2 aromatic heterocycles. The number of amides is 1. The Bertz CT molecular complexity index is 777. The van der Waals surface area contributed by atoms with E-state index in [0.717, 1.165) is 43.1 Å². The van der Waals surface area contributed by atoms with Crippen molar-refractivity contribution in [1.29, 1.82) is 0 Å². The third-order valence-electron chi connectivity index (χ3n) is 5.19. The van der Waals surface area contributed by atoms with Crippen molar-refractivity contribution in [3.05, 3.63) is 29.1 Å². The molecule has 0 spiro atoms. The molecule has 2 aliphatic rings. The molecule has 2 atom stereocenters. The lowest BCUT2D eigenvalue weighted by Gasteiger charge is -2.34. The van der Waals surface area contributed by atoms with Crippen molar-refractivity contribution >= 4 is 5.91 Å². The van der Waals surface area contributed by atoms with Crippen molar-refractivity contribution < 1.29 is 9.53 Å². The van der Waals surface area contributed by atoms with Gasteiger partial charge in [-0.1, -0.05) is 0 Å². The van der Waals surface area contributed by atoms with Crippen LogP contribution in [0.15, 0.2) is 6.33 Å². The van der Waals surface area contributed by atoms with Crippen LogP contribution in [0.3, 0.4) is 0 Å². The normalized spacial score (nSPS) is 23.9. The predicted octanol–water partition coefficient (Wildman–Crippen LogP) is 0.518. The average molecular weight is 359 g/mol. The summed E-state index contributed by atoms with van der Waals surface area (Å²) in [5.41, 5.74) is 2.66. The number of carbonyl (C=O) groups is 1. The molecule has 9 nitrogen and oxygen atoms in total. The summed E-state index contributed by atoms with van der Waals surface area (Å²) in [6.07, 6.45) is 2.29. The van der Waals surface area contributed by atoms with Crippen LogP contribution >= 0.6 is 0 Å². The summed E-state index contributed by atoms with van der Waals surface area (Å²) < 4.78 is 7.58. The second kappa shape index (κ2) is 6.81. The maximum Gasteiger partial charge on any atom is 0.272 e. The van der Waals surface area contributed by atoms with Crippen LogP contribution in [0.5, 0.6) is 0 Å². The van der Waals surface area contributed by atoms with E-state index in [9.17, 15) is 4.79 Å². The number of H-pyrrole nitrogens is 1. The number of ether oxygens (including phenoxy) is 1. The van der Waals surface area contributed by atoms with Gasteiger partial charge in [-0.25, -0.2) is 4.98 Å². The van der Waals surface area contributed by atoms with Crippen LogP contribution in [-0.4, -0.2) is 73.0 Å². The molecule has 4 heterocycles. The molecule has 0 unspecified atom stereocenters. The van der Waals surface area contributed by atoms with Crippen LogP contribution in [0.2, 0.25) is 0 Å². The summed E-state index contributed by atoms with van der Waals surface area (Å²) in [4.78, 5) is 21.5. The molecule has 2 aliphatic heterocycles. The maximum absolute atomic E-state index is 13.2. The van der Waals surface area contributed by atoms with Gasteiger partial charge in [0.25, 0.3) is 5.91 Å². The Hall–Kier alpha value is -2.26. The van der Waals surface area contributed by atoms with Gasteiger partial charge in [0.1, 0.15) is 17.8 Å². The Morgan fingerprint density at radius 1 is 1.31 bits per heavy atom. The smallest absolute Gasteiger partial charge is 0.272 e. The Morgan fingerprint density at radius 3 is 2.77 bits per heavy atom. The third kappa shape index (κ3) is 3.12. The number of hydrogen-bond acceptors (Lipinski definition) is 6. The SMILES string of the molecule is C[C@@H]1Cc2c(nn(C)c2C(=O)N2CCN(Cc3ncn[nH]3)CC2)[C@H](C)O1. The van der Waals surface area contributed by atoms with Crippen molar-refractivity contribution in [3.63, 3.8) is 0 Å². The lowest BCUT2D eigenvalue weighted by Crippen LogP contribution is -2.49. The molecule has 26 heavy (non-hydrogen) atoms. The molecule has 0 saturated carbocycles. The number of carbonyl (C=O) groups excluding carboxylic acids is 1. The van der Waals surface area contributed by atoms with Gasteiger partial charge in [0.05, 0.1) is 24.4 Å². The van der Waals surface area contributed by atoms with E-state index in [1.807, 2.05) is 25.8 Å². The zero-order valence-electron chi connectivity index (χ0n) is 15.5. The van der Waals surface area contributed by atoms with Crippen LogP contribution in [-0.2, 0) is 24.8 Å². The number of nitrogens with zero attached hydrogens (tertiary/aromatic N) is 6. The van der Waals surface area contributed by atoms with E-state index in [0.29, 0.717) is 18.8 Å². The van der Waals surface area contributed by atoms with Crippen LogP contribution in [0.1, 0.15) is 47.5 Å². The quantitative estimate of drug-likeness (QED) is 0.859. The van der Waals surface area contributed by atoms with E-state index in [1.54, 1.807) is 4.68 Å². The van der Waals surface area contributed by atoms with Gasteiger partial charge < -0.3 is 9.64 Å². The van der Waals surface area contributed by atoms with Gasteiger partial charge in [-0.15, -0.1) is 0 Å². The molecular weight excluding hydrogens is 334 g/mol. The molecule has 1 amide bonds. The fourth-order valence-electron chi connectivity index (χ4n) is 3.91. The minimum atomic E-state index is -0.0692. The van der Waals surface area contributed by atoms with E-state index in [-0.39, 0.29) is 18.1 Å². The highest BCUT2D eigenvalue weighted by molar-refractivity contribution is 5.94. The van der Waals surface area contributed by atoms with Crippen molar-refractivity contribution in [2.75, 3.05) is 26.2 Å². The van der Waals surface area contributed by atoms with Crippen LogP contribution < -0.4 is 0 Å². The second-order valence-corrected chi connectivity index (χ2v) is 7.13. The van der Waals surface area contributed by atoms with E-state index < -0.39 is 0 Å². The Kier molecular flexibility index (Phi) is 4.49. The first kappa shape index (κ1) is 17.2. The highest BCUT2D eigenvalue weighted by Gasteiger charge is 2.33. The van der Waals surface area contributed by atoms with Gasteiger partial charge in [-0.2, -0.15) is 10.2 Å². The lowest BCUT2D eigenvalue weighted by molar-refractivity contribution is -0.00716. The molecule has 1 saturated heterocycles. The number of aromatic nitrogens is 5. The summed E-state index contributed by atoms with van der Waals surface area (Å²) >= 11 is 0. The summed E-state index contributed by atoms with van der Waals surface area (Å²) in [7, 11) is 1.85. The molecular formula is C17H25N7O2. The highest BCUT2D eigenvalue weighted by Crippen LogP contribution is 2.31. The third-order valence-corrected chi connectivity index (χ3v) is 5.19. The minimum absolute atomic E-state index is 0.0692. The number of hydrogen-bond donors (Lipinski definition) is 1. The topological polar surface area (TPSA) is 92.2 Å². The Balaban J connectivity index is 1.46. The van der Waals surface area contributed by atoms with E-state index >= 15 is 0 Å². The predicted molar refractivity (Wildman–Crippen MR) is 93.4 cm³/mol. The minimum Gasteiger partial charge on any atom is -0.369 e. The summed E-state index contributed by atoms with van der Waals surface area (Å²) in [6.45, 7) is 7.82. The Labute approximate surface area is 152 Å². The molecule has 0 radical (unpaired) electrons. The lowest BCUT2D eigenvalue weighted by atomic mass is 9.99. The molecule has 1 fully saturated rings. The molecule has 1 N–H and O–H groups in total. The largest absolute Gasteiger partial charge is 0.369 e. The van der Waals surface area contributed by atoms with Gasteiger partial charge in [0.15, 0.2) is 0 Å². The summed E-state index contributed by atoms with van der Waals surface area (Å²) in [5, 5.41) is 11.3. The zero-order valence-corrected chi connectivity index (χ0v) is 15.5. The van der Waals surface area contributed by atoms with E-state index in [4.69, 9.17) is 4.74 Å². The number of rotatable bonds is 3. The summed E-state index contributed by atoms with van der Waals surface area (Å²) in [6, 6.07) is 0. The van der Waals surface area contributed by atoms with E-state index in [1.165, 1.54) is 6.33 Å². The molecule has 0 aliphatic carbocycles. The first-order valence-corrected chi connectivity index (χ1v) is 9.10. The maximum atomic E-state index is 13.2. The van der Waals surface area contributed by atoms with Gasteiger partial charge >= 0.3 is 0 Å². The van der Waals surface area contributed by atoms with Gasteiger partial charge in [0, 0.05) is 45.2 Å². The van der Waals surface area contributed by atoms with Crippen LogP contribution in [0.25, 0.3) is 0 Å². The van der Waals surface area contributed by atoms with Gasteiger partial charge in [-0.3, -0.25) is 19.5 Å². The second-order valence-electron chi connectivity index (χ2n) is 7.13. The fraction of sp³-hybridized carbons (Fsp3) is 0.647. The molecule has 0 bridgehead atoms. The van der Waals surface area contributed by atoms with Crippen molar-refractivity contribution in [2.24, 2.45) is 7.05 Å². The number of piperazine rings is 1. The van der Waals surface area contributed by atoms with Gasteiger partial charge in [0.2, 0.25) is 0 Å². The standard InChI is InChI=1S/C17H25N7O2/c1-11-8-13-15(12(2)26-11)21-22(3)16(13)17(25)24-6-4-23(5-7-24)9-14-18-10-19-20-14/h10-12H,4-9H2,1-3H3,(H,18,19,20)/t11-,12+/m1/s1. The number of aryl methyl sites for hydroxylation is 1. The van der Waals surface area contributed by atoms with Crippen LogP contribution in [0.4, 0.5) is 0 Å². The fourth-order valence-corrected chi connectivity index (χ4v) is 3.91. The number of aromatic amines is 1. The van der Waals surface area contributed by atoms with E-state index in [2.05, 4.69) is 25.2 Å². The Morgan fingerprint density at radius 2 is 2.08 bits per heavy atom. The average Bonchev–Trinajstić information content (AvgIpc) is 3.22. The summed E-state index contributed by atoms with van der Waals surface area (Å²) in [5.74, 6) is 0.926. The van der Waals surface area contributed by atoms with Crippen molar-refractivity contribution in [1.82, 2.24) is 34.8 Å². The monoisotopic (exact) mass is 359 g/mol. The van der Waals surface area contributed by atoms with Crippen molar-refractivity contribution in [2.45, 2.75) is 39.0 Å². The number of nitrogens with one attached hydrogen (secondary N) is 1. The molecule has 2 aromatic rings. The first-order chi connectivity index (χ1) is 12.5.